The second kappa shape index (κ2) is 7.03. The molecule has 0 aliphatic carbocycles. The molecule has 0 rings (SSSR count). The van der Waals surface area contributed by atoms with Crippen LogP contribution in [0.4, 0.5) is 0 Å². The minimum atomic E-state index is 0.750. The van der Waals surface area contributed by atoms with Crippen LogP contribution in [0.2, 0.25) is 0 Å². The van der Waals surface area contributed by atoms with Crippen LogP contribution >= 0.6 is 0 Å². The molecule has 0 aliphatic heterocycles. The molecule has 2 heteroatoms. The fourth-order valence-electron chi connectivity index (χ4n) is 0.986. The van der Waals surface area contributed by atoms with Crippen molar-refractivity contribution in [1.82, 2.24) is 5.32 Å². The Morgan fingerprint density at radius 1 is 1.30 bits per heavy atom. The number of hydrogen-bond acceptors (Lipinski definition) is 2. The monoisotopic (exact) mass is 144 g/mol. The van der Waals surface area contributed by atoms with Crippen LogP contribution in [0.15, 0.2) is 0 Å². The van der Waals surface area contributed by atoms with Gasteiger partial charge in [0.15, 0.2) is 0 Å². The smallest absolute Gasteiger partial charge is 0.00746 e. The van der Waals surface area contributed by atoms with E-state index < -0.39 is 0 Å². The average Bonchev–Trinajstić information content (AvgIpc) is 1.99. The lowest BCUT2D eigenvalue weighted by Crippen LogP contribution is -2.27. The van der Waals surface area contributed by atoms with E-state index in [1.54, 1.807) is 0 Å². The van der Waals surface area contributed by atoms with Gasteiger partial charge in [-0.05, 0) is 12.5 Å². The summed E-state index contributed by atoms with van der Waals surface area (Å²) in [5, 5.41) is 3.31. The van der Waals surface area contributed by atoms with Gasteiger partial charge in [0.25, 0.3) is 0 Å². The maximum atomic E-state index is 5.34. The molecule has 0 saturated heterocycles. The first-order chi connectivity index (χ1) is 4.85. The van der Waals surface area contributed by atoms with Crippen molar-refractivity contribution in [3.05, 3.63) is 0 Å². The van der Waals surface area contributed by atoms with E-state index >= 15 is 0 Å². The quantitative estimate of drug-likeness (QED) is 0.545. The molecule has 0 spiro atoms. The van der Waals surface area contributed by atoms with E-state index in [0.29, 0.717) is 0 Å². The van der Waals surface area contributed by atoms with Gasteiger partial charge in [0, 0.05) is 13.1 Å². The van der Waals surface area contributed by atoms with E-state index in [9.17, 15) is 0 Å². The van der Waals surface area contributed by atoms with Gasteiger partial charge < -0.3 is 11.1 Å². The van der Waals surface area contributed by atoms with E-state index in [0.717, 1.165) is 25.6 Å². The van der Waals surface area contributed by atoms with E-state index in [1.807, 2.05) is 0 Å². The largest absolute Gasteiger partial charge is 0.329 e. The molecule has 0 aliphatic rings. The third-order valence-electron chi connectivity index (χ3n) is 1.91. The Hall–Kier alpha value is -0.0800. The molecule has 0 aromatic rings. The number of nitrogens with one attached hydrogen (secondary N) is 1. The Balaban J connectivity index is 3.09. The summed E-state index contributed by atoms with van der Waals surface area (Å²) in [4.78, 5) is 0. The van der Waals surface area contributed by atoms with Crippen molar-refractivity contribution in [1.29, 1.82) is 0 Å². The highest BCUT2D eigenvalue weighted by Gasteiger charge is 2.00. The van der Waals surface area contributed by atoms with Crippen LogP contribution < -0.4 is 11.1 Å². The van der Waals surface area contributed by atoms with Crippen LogP contribution in [0, 0.1) is 5.92 Å². The van der Waals surface area contributed by atoms with Crippen molar-refractivity contribution in [2.75, 3.05) is 19.6 Å². The lowest BCUT2D eigenvalue weighted by molar-refractivity contribution is 0.453. The minimum Gasteiger partial charge on any atom is -0.329 e. The molecule has 0 fully saturated rings. The molecular formula is C8H20N2. The van der Waals surface area contributed by atoms with Crippen LogP contribution in [0.3, 0.4) is 0 Å². The standard InChI is InChI=1S/C8H20N2/c1-3-8(4-2)7-10-6-5-9/h8,10H,3-7,9H2,1-2H3. The number of nitrogens with two attached hydrogens (primary N) is 1. The Morgan fingerprint density at radius 2 is 1.90 bits per heavy atom. The topological polar surface area (TPSA) is 38.0 Å². The molecule has 0 heterocycles. The van der Waals surface area contributed by atoms with Gasteiger partial charge in [0.1, 0.15) is 0 Å². The number of hydrogen-bond donors (Lipinski definition) is 2. The molecular weight excluding hydrogens is 124 g/mol. The second-order valence-corrected chi connectivity index (χ2v) is 2.68. The summed E-state index contributed by atoms with van der Waals surface area (Å²) < 4.78 is 0. The summed E-state index contributed by atoms with van der Waals surface area (Å²) in [7, 11) is 0. The molecule has 0 aromatic carbocycles. The average molecular weight is 144 g/mol. The Labute approximate surface area is 64.2 Å². The molecule has 0 bridgehead atoms. The first-order valence-corrected chi connectivity index (χ1v) is 4.25. The number of rotatable bonds is 6. The van der Waals surface area contributed by atoms with Crippen molar-refractivity contribution in [2.45, 2.75) is 26.7 Å². The molecule has 0 saturated carbocycles. The van der Waals surface area contributed by atoms with E-state index in [1.165, 1.54) is 12.8 Å². The zero-order valence-electron chi connectivity index (χ0n) is 7.19. The van der Waals surface area contributed by atoms with E-state index in [-0.39, 0.29) is 0 Å². The molecule has 0 unspecified atom stereocenters. The van der Waals surface area contributed by atoms with E-state index in [2.05, 4.69) is 19.2 Å². The highest BCUT2D eigenvalue weighted by molar-refractivity contribution is 4.58. The molecule has 0 aromatic heterocycles. The Kier molecular flexibility index (Phi) is 6.98. The van der Waals surface area contributed by atoms with Crippen LogP contribution in [-0.2, 0) is 0 Å². The van der Waals surface area contributed by atoms with Crippen molar-refractivity contribution in [3.8, 4) is 0 Å². The maximum Gasteiger partial charge on any atom is 0.00746 e. The van der Waals surface area contributed by atoms with Gasteiger partial charge >= 0.3 is 0 Å². The van der Waals surface area contributed by atoms with Gasteiger partial charge in [-0.3, -0.25) is 0 Å². The molecule has 3 N–H and O–H groups in total. The predicted molar refractivity (Wildman–Crippen MR) is 46.0 cm³/mol. The van der Waals surface area contributed by atoms with Crippen molar-refractivity contribution < 1.29 is 0 Å². The van der Waals surface area contributed by atoms with Crippen LogP contribution in [-0.4, -0.2) is 19.6 Å². The predicted octanol–water partition coefficient (Wildman–Crippen LogP) is 0.971. The van der Waals surface area contributed by atoms with Crippen LogP contribution in [0.25, 0.3) is 0 Å². The van der Waals surface area contributed by atoms with Crippen molar-refractivity contribution in [3.63, 3.8) is 0 Å². The molecule has 0 radical (unpaired) electrons. The molecule has 10 heavy (non-hydrogen) atoms. The van der Waals surface area contributed by atoms with Gasteiger partial charge in [-0.25, -0.2) is 0 Å². The fourth-order valence-corrected chi connectivity index (χ4v) is 0.986. The summed E-state index contributed by atoms with van der Waals surface area (Å²) in [6.45, 7) is 7.30. The highest BCUT2D eigenvalue weighted by atomic mass is 14.9. The van der Waals surface area contributed by atoms with Gasteiger partial charge in [-0.15, -0.1) is 0 Å². The lowest BCUT2D eigenvalue weighted by Gasteiger charge is -2.11. The first-order valence-electron chi connectivity index (χ1n) is 4.25. The van der Waals surface area contributed by atoms with Crippen LogP contribution in [0.5, 0.6) is 0 Å². The van der Waals surface area contributed by atoms with Gasteiger partial charge in [0.2, 0.25) is 0 Å². The van der Waals surface area contributed by atoms with E-state index in [4.69, 9.17) is 5.73 Å². The fraction of sp³-hybridized carbons (Fsp3) is 1.00. The lowest BCUT2D eigenvalue weighted by atomic mass is 10.0. The van der Waals surface area contributed by atoms with Crippen LogP contribution in [0.1, 0.15) is 26.7 Å². The maximum absolute atomic E-state index is 5.34. The molecule has 62 valence electrons. The normalized spacial score (nSPS) is 10.8. The zero-order chi connectivity index (χ0) is 7.82. The molecule has 0 amide bonds. The van der Waals surface area contributed by atoms with Gasteiger partial charge in [0.05, 0.1) is 0 Å². The molecule has 0 atom stereocenters. The first kappa shape index (κ1) is 9.92. The zero-order valence-corrected chi connectivity index (χ0v) is 7.19. The molecule has 2 nitrogen and oxygen atoms in total. The summed E-state index contributed by atoms with van der Waals surface area (Å²) in [5.41, 5.74) is 5.34. The highest BCUT2D eigenvalue weighted by Crippen LogP contribution is 2.04. The Morgan fingerprint density at radius 3 is 2.30 bits per heavy atom. The van der Waals surface area contributed by atoms with Gasteiger partial charge in [-0.2, -0.15) is 0 Å². The van der Waals surface area contributed by atoms with Crippen molar-refractivity contribution >= 4 is 0 Å². The summed E-state index contributed by atoms with van der Waals surface area (Å²) >= 11 is 0. The second-order valence-electron chi connectivity index (χ2n) is 2.68. The minimum absolute atomic E-state index is 0.750. The van der Waals surface area contributed by atoms with Gasteiger partial charge in [-0.1, -0.05) is 26.7 Å². The third-order valence-corrected chi connectivity index (χ3v) is 1.91. The summed E-state index contributed by atoms with van der Waals surface area (Å²) in [6, 6.07) is 0. The Bertz CT molecular complexity index is 60.3. The summed E-state index contributed by atoms with van der Waals surface area (Å²) in [6.07, 6.45) is 2.54. The summed E-state index contributed by atoms with van der Waals surface area (Å²) in [5.74, 6) is 0.839. The van der Waals surface area contributed by atoms with Crippen molar-refractivity contribution in [2.24, 2.45) is 11.7 Å². The third kappa shape index (κ3) is 4.77. The SMILES string of the molecule is CCC(CC)CNCCN.